The molecule has 1 aromatic carbocycles. The van der Waals surface area contributed by atoms with Crippen molar-refractivity contribution in [1.82, 2.24) is 0 Å². The predicted octanol–water partition coefficient (Wildman–Crippen LogP) is 2.21. The molecule has 0 aliphatic heterocycles. The number of aliphatic carboxylic acids is 1. The average Bonchev–Trinajstić information content (AvgIpc) is 3.10. The Morgan fingerprint density at radius 2 is 2.29 bits per heavy atom. The van der Waals surface area contributed by atoms with Crippen molar-refractivity contribution in [2.24, 2.45) is 11.7 Å². The van der Waals surface area contributed by atoms with Crippen LogP contribution in [0.5, 0.6) is 5.75 Å². The summed E-state index contributed by atoms with van der Waals surface area (Å²) in [5, 5.41) is 9.37. The normalized spacial score (nSPS) is 16.6. The largest absolute Gasteiger partial charge is 0.493 e. The van der Waals surface area contributed by atoms with Crippen LogP contribution >= 0.6 is 11.6 Å². The fourth-order valence-electron chi connectivity index (χ4n) is 1.52. The minimum atomic E-state index is -1.11. The summed E-state index contributed by atoms with van der Waals surface area (Å²) in [4.78, 5) is 10.9. The molecule has 0 saturated heterocycles. The Bertz CT molecular complexity index is 432. The van der Waals surface area contributed by atoms with Gasteiger partial charge >= 0.3 is 5.97 Å². The lowest BCUT2D eigenvalue weighted by Crippen LogP contribution is -2.21. The Labute approximate surface area is 104 Å². The Morgan fingerprint density at radius 1 is 1.59 bits per heavy atom. The number of benzene rings is 1. The first-order chi connectivity index (χ1) is 8.08. The lowest BCUT2D eigenvalue weighted by Gasteiger charge is -2.14. The molecule has 2 rings (SSSR count). The molecule has 0 bridgehead atoms. The number of nitrogens with two attached hydrogens (primary N) is 1. The van der Waals surface area contributed by atoms with Gasteiger partial charge in [-0.05, 0) is 37.0 Å². The van der Waals surface area contributed by atoms with E-state index in [1.54, 1.807) is 18.2 Å². The summed E-state index contributed by atoms with van der Waals surface area (Å²) in [5.41, 5.74) is 6.01. The average molecular weight is 256 g/mol. The smallest absolute Gasteiger partial charge is 0.325 e. The molecular weight excluding hydrogens is 242 g/mol. The molecule has 17 heavy (non-hydrogen) atoms. The van der Waals surface area contributed by atoms with Crippen LogP contribution in [0.15, 0.2) is 18.2 Å². The van der Waals surface area contributed by atoms with Gasteiger partial charge in [-0.3, -0.25) is 4.79 Å². The second-order valence-corrected chi connectivity index (χ2v) is 4.69. The van der Waals surface area contributed by atoms with Gasteiger partial charge in [0.15, 0.2) is 0 Å². The van der Waals surface area contributed by atoms with Crippen molar-refractivity contribution >= 4 is 17.6 Å². The van der Waals surface area contributed by atoms with Gasteiger partial charge in [0.25, 0.3) is 0 Å². The highest BCUT2D eigenvalue weighted by molar-refractivity contribution is 6.30. The van der Waals surface area contributed by atoms with Crippen molar-refractivity contribution < 1.29 is 14.6 Å². The first kappa shape index (κ1) is 12.2. The molecular formula is C12H14ClNO3. The molecule has 1 aliphatic carbocycles. The van der Waals surface area contributed by atoms with Crippen molar-refractivity contribution in [2.45, 2.75) is 18.9 Å². The highest BCUT2D eigenvalue weighted by Crippen LogP contribution is 2.32. The van der Waals surface area contributed by atoms with Gasteiger partial charge in [-0.25, -0.2) is 0 Å². The van der Waals surface area contributed by atoms with E-state index in [9.17, 15) is 4.79 Å². The number of hydrogen-bond donors (Lipinski definition) is 2. The van der Waals surface area contributed by atoms with Gasteiger partial charge in [0.1, 0.15) is 11.8 Å². The lowest BCUT2D eigenvalue weighted by molar-refractivity contribution is -0.138. The highest BCUT2D eigenvalue weighted by atomic mass is 35.5. The van der Waals surface area contributed by atoms with Gasteiger partial charge in [-0.1, -0.05) is 11.6 Å². The maximum absolute atomic E-state index is 10.9. The summed E-state index contributed by atoms with van der Waals surface area (Å²) in [5.74, 6) is 0.0133. The molecule has 0 spiro atoms. The van der Waals surface area contributed by atoms with Crippen LogP contribution in [0.3, 0.4) is 0 Å². The van der Waals surface area contributed by atoms with Crippen LogP contribution in [0, 0.1) is 5.92 Å². The molecule has 1 fully saturated rings. The van der Waals surface area contributed by atoms with Crippen molar-refractivity contribution in [3.63, 3.8) is 0 Å². The minimum absolute atomic E-state index is 0.422. The van der Waals surface area contributed by atoms with E-state index >= 15 is 0 Å². The molecule has 1 aliphatic rings. The van der Waals surface area contributed by atoms with Gasteiger partial charge in [0.05, 0.1) is 6.61 Å². The van der Waals surface area contributed by atoms with Gasteiger partial charge in [0.2, 0.25) is 0 Å². The zero-order valence-corrected chi connectivity index (χ0v) is 9.98. The molecule has 5 heteroatoms. The summed E-state index contributed by atoms with van der Waals surface area (Å²) < 4.78 is 5.59. The molecule has 1 aromatic rings. The zero-order chi connectivity index (χ0) is 12.4. The second-order valence-electron chi connectivity index (χ2n) is 4.25. The topological polar surface area (TPSA) is 72.6 Å². The number of carboxylic acids is 1. The summed E-state index contributed by atoms with van der Waals surface area (Å²) in [6.45, 7) is 0.612. The van der Waals surface area contributed by atoms with E-state index in [-0.39, 0.29) is 0 Å². The Kier molecular flexibility index (Phi) is 3.54. The Hall–Kier alpha value is -1.26. The number of ether oxygens (including phenoxy) is 1. The maximum atomic E-state index is 10.9. The molecule has 3 N–H and O–H groups in total. The first-order valence-corrected chi connectivity index (χ1v) is 5.86. The number of hydrogen-bond acceptors (Lipinski definition) is 3. The van der Waals surface area contributed by atoms with Crippen molar-refractivity contribution in [3.8, 4) is 5.75 Å². The van der Waals surface area contributed by atoms with Crippen molar-refractivity contribution in [2.75, 3.05) is 6.61 Å². The van der Waals surface area contributed by atoms with Gasteiger partial charge in [0, 0.05) is 10.6 Å². The van der Waals surface area contributed by atoms with Crippen LogP contribution in [0.2, 0.25) is 5.02 Å². The van der Waals surface area contributed by atoms with Crippen LogP contribution < -0.4 is 10.5 Å². The maximum Gasteiger partial charge on any atom is 0.325 e. The van der Waals surface area contributed by atoms with E-state index < -0.39 is 12.0 Å². The summed E-state index contributed by atoms with van der Waals surface area (Å²) in [6, 6.07) is 3.77. The summed E-state index contributed by atoms with van der Waals surface area (Å²) in [6.07, 6.45) is 2.35. The van der Waals surface area contributed by atoms with Crippen LogP contribution in [0.1, 0.15) is 24.4 Å². The SMILES string of the molecule is NC(C(=O)O)c1cc(Cl)ccc1OCC1CC1. The molecule has 0 aromatic heterocycles. The van der Waals surface area contributed by atoms with E-state index in [2.05, 4.69) is 0 Å². The first-order valence-electron chi connectivity index (χ1n) is 5.48. The molecule has 0 radical (unpaired) electrons. The number of halogens is 1. The molecule has 1 unspecified atom stereocenters. The zero-order valence-electron chi connectivity index (χ0n) is 9.23. The van der Waals surface area contributed by atoms with E-state index in [0.717, 1.165) is 0 Å². The molecule has 0 amide bonds. The predicted molar refractivity (Wildman–Crippen MR) is 64.2 cm³/mol. The third kappa shape index (κ3) is 3.11. The van der Waals surface area contributed by atoms with E-state index in [4.69, 9.17) is 27.2 Å². The van der Waals surface area contributed by atoms with Gasteiger partial charge in [-0.15, -0.1) is 0 Å². The lowest BCUT2D eigenvalue weighted by atomic mass is 10.1. The molecule has 4 nitrogen and oxygen atoms in total. The monoisotopic (exact) mass is 255 g/mol. The Morgan fingerprint density at radius 3 is 2.88 bits per heavy atom. The number of rotatable bonds is 5. The minimum Gasteiger partial charge on any atom is -0.493 e. The van der Waals surface area contributed by atoms with Crippen LogP contribution in [0.4, 0.5) is 0 Å². The molecule has 0 heterocycles. The second kappa shape index (κ2) is 4.94. The highest BCUT2D eigenvalue weighted by Gasteiger charge is 2.24. The summed E-state index contributed by atoms with van der Waals surface area (Å²) >= 11 is 5.84. The van der Waals surface area contributed by atoms with Crippen molar-refractivity contribution in [3.05, 3.63) is 28.8 Å². The molecule has 1 atom stereocenters. The van der Waals surface area contributed by atoms with Crippen LogP contribution in [-0.4, -0.2) is 17.7 Å². The Balaban J connectivity index is 2.19. The third-order valence-electron chi connectivity index (χ3n) is 2.74. The van der Waals surface area contributed by atoms with Crippen LogP contribution in [-0.2, 0) is 4.79 Å². The quantitative estimate of drug-likeness (QED) is 0.846. The fourth-order valence-corrected chi connectivity index (χ4v) is 1.70. The van der Waals surface area contributed by atoms with E-state index in [1.807, 2.05) is 0 Å². The standard InChI is InChI=1S/C12H14ClNO3/c13-8-3-4-10(17-6-7-1-2-7)9(5-8)11(14)12(15)16/h3-5,7,11H,1-2,6,14H2,(H,15,16). The van der Waals surface area contributed by atoms with Gasteiger partial charge in [-0.2, -0.15) is 0 Å². The van der Waals surface area contributed by atoms with Crippen LogP contribution in [0.25, 0.3) is 0 Å². The summed E-state index contributed by atoms with van der Waals surface area (Å²) in [7, 11) is 0. The number of carboxylic acid groups (broad SMARTS) is 1. The van der Waals surface area contributed by atoms with Gasteiger partial charge < -0.3 is 15.6 Å². The third-order valence-corrected chi connectivity index (χ3v) is 2.98. The van der Waals surface area contributed by atoms with E-state index in [1.165, 1.54) is 12.8 Å². The number of carbonyl (C=O) groups is 1. The fraction of sp³-hybridized carbons (Fsp3) is 0.417. The molecule has 92 valence electrons. The van der Waals surface area contributed by atoms with E-state index in [0.29, 0.717) is 28.9 Å². The molecule has 1 saturated carbocycles. The van der Waals surface area contributed by atoms with Crippen molar-refractivity contribution in [1.29, 1.82) is 0 Å².